The van der Waals surface area contributed by atoms with Crippen LogP contribution in [0.5, 0.6) is 0 Å². The van der Waals surface area contributed by atoms with E-state index in [0.717, 1.165) is 24.8 Å². The van der Waals surface area contributed by atoms with Gasteiger partial charge in [0.25, 0.3) is 0 Å². The van der Waals surface area contributed by atoms with Crippen molar-refractivity contribution in [2.24, 2.45) is 0 Å². The molecule has 3 rings (SSSR count). The van der Waals surface area contributed by atoms with Gasteiger partial charge in [-0.1, -0.05) is 30.3 Å². The predicted molar refractivity (Wildman–Crippen MR) is 75.0 cm³/mol. The van der Waals surface area contributed by atoms with Crippen molar-refractivity contribution in [3.8, 4) is 0 Å². The van der Waals surface area contributed by atoms with E-state index in [4.69, 9.17) is 0 Å². The van der Waals surface area contributed by atoms with Crippen LogP contribution in [0, 0.1) is 6.92 Å². The number of rotatable bonds is 2. The monoisotopic (exact) mass is 256 g/mol. The number of aromatic nitrogens is 2. The van der Waals surface area contributed by atoms with Gasteiger partial charge in [-0.2, -0.15) is 5.10 Å². The van der Waals surface area contributed by atoms with Crippen LogP contribution in [0.25, 0.3) is 0 Å². The Morgan fingerprint density at radius 3 is 2.68 bits per heavy atom. The van der Waals surface area contributed by atoms with E-state index in [2.05, 4.69) is 35.4 Å². The van der Waals surface area contributed by atoms with Gasteiger partial charge in [-0.3, -0.25) is 4.68 Å². The summed E-state index contributed by atoms with van der Waals surface area (Å²) in [7, 11) is 0. The highest BCUT2D eigenvalue weighted by Crippen LogP contribution is 2.38. The van der Waals surface area contributed by atoms with E-state index in [1.807, 2.05) is 24.0 Å². The molecule has 1 aromatic heterocycles. The number of nitrogens with zero attached hydrogens (tertiary/aromatic N) is 2. The summed E-state index contributed by atoms with van der Waals surface area (Å²) in [4.78, 5) is 0. The van der Waals surface area contributed by atoms with Gasteiger partial charge in [0.2, 0.25) is 0 Å². The van der Waals surface area contributed by atoms with Crippen molar-refractivity contribution in [3.05, 3.63) is 53.9 Å². The molecule has 0 aliphatic heterocycles. The van der Waals surface area contributed by atoms with Crippen molar-refractivity contribution in [2.75, 3.05) is 0 Å². The van der Waals surface area contributed by atoms with Crippen molar-refractivity contribution in [2.45, 2.75) is 44.2 Å². The molecule has 1 aliphatic rings. The highest BCUT2D eigenvalue weighted by atomic mass is 16.3. The van der Waals surface area contributed by atoms with Gasteiger partial charge >= 0.3 is 0 Å². The molecule has 0 radical (unpaired) electrons. The quantitative estimate of drug-likeness (QED) is 0.896. The highest BCUT2D eigenvalue weighted by molar-refractivity contribution is 5.20. The summed E-state index contributed by atoms with van der Waals surface area (Å²) in [6.45, 7) is 2.04. The van der Waals surface area contributed by atoms with E-state index in [1.165, 1.54) is 5.56 Å². The number of aliphatic hydroxyl groups is 1. The maximum absolute atomic E-state index is 10.2. The maximum atomic E-state index is 10.2. The molecule has 0 saturated heterocycles. The molecule has 0 amide bonds. The fraction of sp³-hybridized carbons (Fsp3) is 0.438. The van der Waals surface area contributed by atoms with Crippen LogP contribution in [0.3, 0.4) is 0 Å². The second kappa shape index (κ2) is 5.17. The first kappa shape index (κ1) is 12.4. The van der Waals surface area contributed by atoms with Crippen LogP contribution in [-0.2, 0) is 0 Å². The van der Waals surface area contributed by atoms with Gasteiger partial charge in [-0.25, -0.2) is 0 Å². The summed E-state index contributed by atoms with van der Waals surface area (Å²) in [5, 5.41) is 14.6. The van der Waals surface area contributed by atoms with Crippen molar-refractivity contribution in [3.63, 3.8) is 0 Å². The molecule has 100 valence electrons. The Bertz CT molecular complexity index is 535. The number of hydrogen-bond acceptors (Lipinski definition) is 2. The van der Waals surface area contributed by atoms with E-state index < -0.39 is 0 Å². The molecule has 1 fully saturated rings. The smallest absolute Gasteiger partial charge is 0.0784 e. The minimum Gasteiger partial charge on any atom is -0.391 e. The molecule has 0 bridgehead atoms. The molecule has 3 unspecified atom stereocenters. The number of hydrogen-bond donors (Lipinski definition) is 1. The first-order valence-corrected chi connectivity index (χ1v) is 6.98. The third kappa shape index (κ3) is 2.56. The van der Waals surface area contributed by atoms with Gasteiger partial charge in [0.15, 0.2) is 0 Å². The minimum absolute atomic E-state index is 0.104. The zero-order valence-corrected chi connectivity index (χ0v) is 11.2. The van der Waals surface area contributed by atoms with E-state index in [-0.39, 0.29) is 12.1 Å². The van der Waals surface area contributed by atoms with Crippen LogP contribution in [0.15, 0.2) is 42.7 Å². The topological polar surface area (TPSA) is 38.0 Å². The van der Waals surface area contributed by atoms with Gasteiger partial charge in [0.05, 0.1) is 18.3 Å². The van der Waals surface area contributed by atoms with Gasteiger partial charge in [0, 0.05) is 6.20 Å². The second-order valence-electron chi connectivity index (χ2n) is 5.55. The van der Waals surface area contributed by atoms with Crippen molar-refractivity contribution >= 4 is 0 Å². The van der Waals surface area contributed by atoms with Crippen LogP contribution >= 0.6 is 0 Å². The van der Waals surface area contributed by atoms with Crippen LogP contribution in [-0.4, -0.2) is 21.0 Å². The molecular weight excluding hydrogens is 236 g/mol. The van der Waals surface area contributed by atoms with E-state index in [9.17, 15) is 5.11 Å². The Balaban J connectivity index is 1.81. The van der Waals surface area contributed by atoms with Crippen molar-refractivity contribution in [1.82, 2.24) is 9.78 Å². The lowest BCUT2D eigenvalue weighted by molar-refractivity contribution is 0.0616. The molecule has 3 nitrogen and oxygen atoms in total. The summed E-state index contributed by atoms with van der Waals surface area (Å²) in [5.41, 5.74) is 2.53. The third-order valence-electron chi connectivity index (χ3n) is 4.12. The summed E-state index contributed by atoms with van der Waals surface area (Å²) in [5.74, 6) is 0.527. The number of aliphatic hydroxyl groups excluding tert-OH is 1. The standard InChI is InChI=1S/C16H20N2O/c1-12-10-17-18(11-12)15-9-14(7-8-16(15)19)13-5-3-2-4-6-13/h2-6,10-11,14-16,19H,7-9H2,1H3. The Kier molecular flexibility index (Phi) is 3.38. The Morgan fingerprint density at radius 1 is 1.21 bits per heavy atom. The minimum atomic E-state index is -0.278. The molecule has 0 spiro atoms. The molecule has 2 aromatic rings. The lowest BCUT2D eigenvalue weighted by Crippen LogP contribution is -2.31. The van der Waals surface area contributed by atoms with Crippen LogP contribution < -0.4 is 0 Å². The zero-order valence-electron chi connectivity index (χ0n) is 11.2. The van der Waals surface area contributed by atoms with Gasteiger partial charge in [-0.15, -0.1) is 0 Å². The fourth-order valence-corrected chi connectivity index (χ4v) is 3.06. The molecule has 3 heteroatoms. The first-order valence-electron chi connectivity index (χ1n) is 6.98. The molecule has 1 aromatic carbocycles. The maximum Gasteiger partial charge on any atom is 0.0784 e. The average molecular weight is 256 g/mol. The lowest BCUT2D eigenvalue weighted by atomic mass is 9.80. The van der Waals surface area contributed by atoms with Crippen LogP contribution in [0.4, 0.5) is 0 Å². The van der Waals surface area contributed by atoms with E-state index in [1.54, 1.807) is 0 Å². The second-order valence-corrected chi connectivity index (χ2v) is 5.55. The van der Waals surface area contributed by atoms with E-state index in [0.29, 0.717) is 5.92 Å². The average Bonchev–Trinajstić information content (AvgIpc) is 2.87. The fourth-order valence-electron chi connectivity index (χ4n) is 3.06. The molecule has 3 atom stereocenters. The number of benzene rings is 1. The Hall–Kier alpha value is -1.61. The summed E-state index contributed by atoms with van der Waals surface area (Å²) >= 11 is 0. The lowest BCUT2D eigenvalue weighted by Gasteiger charge is -2.33. The molecule has 1 aliphatic carbocycles. The van der Waals surface area contributed by atoms with Gasteiger partial charge < -0.3 is 5.11 Å². The normalized spacial score (nSPS) is 27.4. The molecule has 1 N–H and O–H groups in total. The summed E-state index contributed by atoms with van der Waals surface area (Å²) < 4.78 is 1.94. The highest BCUT2D eigenvalue weighted by Gasteiger charge is 2.31. The van der Waals surface area contributed by atoms with E-state index >= 15 is 0 Å². The largest absolute Gasteiger partial charge is 0.391 e. The molecular formula is C16H20N2O. The Labute approximate surface area is 113 Å². The number of aryl methyl sites for hydroxylation is 1. The molecule has 1 heterocycles. The van der Waals surface area contributed by atoms with Crippen LogP contribution in [0.1, 0.15) is 42.3 Å². The van der Waals surface area contributed by atoms with Gasteiger partial charge in [0.1, 0.15) is 0 Å². The first-order chi connectivity index (χ1) is 9.24. The SMILES string of the molecule is Cc1cnn(C2CC(c3ccccc3)CCC2O)c1. The zero-order chi connectivity index (χ0) is 13.2. The third-order valence-corrected chi connectivity index (χ3v) is 4.12. The summed E-state index contributed by atoms with van der Waals surface area (Å²) in [6.07, 6.45) is 6.48. The van der Waals surface area contributed by atoms with Crippen LogP contribution in [0.2, 0.25) is 0 Å². The molecule has 1 saturated carbocycles. The summed E-state index contributed by atoms with van der Waals surface area (Å²) in [6, 6.07) is 10.7. The molecule has 19 heavy (non-hydrogen) atoms. The van der Waals surface area contributed by atoms with Crippen molar-refractivity contribution in [1.29, 1.82) is 0 Å². The Morgan fingerprint density at radius 2 is 2.00 bits per heavy atom. The van der Waals surface area contributed by atoms with Crippen molar-refractivity contribution < 1.29 is 5.11 Å². The predicted octanol–water partition coefficient (Wildman–Crippen LogP) is 3.06. The van der Waals surface area contributed by atoms with Gasteiger partial charge in [-0.05, 0) is 43.2 Å².